The molecule has 13 heavy (non-hydrogen) atoms. The van der Waals surface area contributed by atoms with Crippen LogP contribution in [-0.2, 0) is 0 Å². The SMILES string of the molecule is O=C(NC1CC(O)C1)c1ccco1. The number of aliphatic hydroxyl groups is 1. The zero-order chi connectivity index (χ0) is 9.26. The molecule has 0 radical (unpaired) electrons. The van der Waals surface area contributed by atoms with Gasteiger partial charge in [-0.15, -0.1) is 0 Å². The first-order chi connectivity index (χ1) is 6.25. The average Bonchev–Trinajstić information content (AvgIpc) is 2.53. The average molecular weight is 181 g/mol. The summed E-state index contributed by atoms with van der Waals surface area (Å²) >= 11 is 0. The van der Waals surface area contributed by atoms with E-state index in [9.17, 15) is 4.79 Å². The molecule has 1 fully saturated rings. The maximum absolute atomic E-state index is 11.3. The molecule has 1 aromatic heterocycles. The maximum Gasteiger partial charge on any atom is 0.287 e. The number of carbonyl (C=O) groups is 1. The smallest absolute Gasteiger partial charge is 0.287 e. The monoisotopic (exact) mass is 181 g/mol. The molecular weight excluding hydrogens is 170 g/mol. The lowest BCUT2D eigenvalue weighted by Gasteiger charge is -2.31. The second-order valence-electron chi connectivity index (χ2n) is 3.27. The molecule has 1 heterocycles. The minimum Gasteiger partial charge on any atom is -0.459 e. The minimum absolute atomic E-state index is 0.104. The molecule has 0 aromatic carbocycles. The van der Waals surface area contributed by atoms with E-state index in [1.807, 2.05) is 0 Å². The van der Waals surface area contributed by atoms with Gasteiger partial charge in [-0.05, 0) is 25.0 Å². The molecule has 2 rings (SSSR count). The van der Waals surface area contributed by atoms with E-state index in [-0.39, 0.29) is 18.1 Å². The molecule has 0 bridgehead atoms. The van der Waals surface area contributed by atoms with Crippen LogP contribution < -0.4 is 5.32 Å². The van der Waals surface area contributed by atoms with Gasteiger partial charge >= 0.3 is 0 Å². The summed E-state index contributed by atoms with van der Waals surface area (Å²) in [6.45, 7) is 0. The number of hydrogen-bond donors (Lipinski definition) is 2. The number of amides is 1. The zero-order valence-electron chi connectivity index (χ0n) is 7.06. The first-order valence-electron chi connectivity index (χ1n) is 4.28. The lowest BCUT2D eigenvalue weighted by atomic mass is 9.89. The molecular formula is C9H11NO3. The Kier molecular flexibility index (Phi) is 2.06. The van der Waals surface area contributed by atoms with Gasteiger partial charge in [0.2, 0.25) is 0 Å². The van der Waals surface area contributed by atoms with Crippen molar-refractivity contribution in [2.75, 3.05) is 0 Å². The predicted molar refractivity (Wildman–Crippen MR) is 45.2 cm³/mol. The van der Waals surface area contributed by atoms with E-state index in [1.54, 1.807) is 12.1 Å². The third kappa shape index (κ3) is 1.72. The standard InChI is InChI=1S/C9H11NO3/c11-7-4-6(5-7)10-9(12)8-2-1-3-13-8/h1-3,6-7,11H,4-5H2,(H,10,12). The van der Waals surface area contributed by atoms with Crippen LogP contribution in [0.25, 0.3) is 0 Å². The van der Waals surface area contributed by atoms with E-state index in [1.165, 1.54) is 6.26 Å². The summed E-state index contributed by atoms with van der Waals surface area (Å²) in [6, 6.07) is 3.39. The van der Waals surface area contributed by atoms with Crippen LogP contribution in [0.3, 0.4) is 0 Å². The molecule has 1 aliphatic carbocycles. The van der Waals surface area contributed by atoms with E-state index in [0.717, 1.165) is 0 Å². The number of hydrogen-bond acceptors (Lipinski definition) is 3. The molecule has 0 unspecified atom stereocenters. The van der Waals surface area contributed by atoms with Gasteiger partial charge in [-0.1, -0.05) is 0 Å². The Labute approximate surface area is 75.6 Å². The van der Waals surface area contributed by atoms with Gasteiger partial charge in [0, 0.05) is 6.04 Å². The largest absolute Gasteiger partial charge is 0.459 e. The van der Waals surface area contributed by atoms with Gasteiger partial charge in [-0.25, -0.2) is 0 Å². The van der Waals surface area contributed by atoms with E-state index < -0.39 is 0 Å². The second-order valence-corrected chi connectivity index (χ2v) is 3.27. The summed E-state index contributed by atoms with van der Waals surface area (Å²) in [6.07, 6.45) is 2.51. The molecule has 70 valence electrons. The third-order valence-electron chi connectivity index (χ3n) is 2.19. The van der Waals surface area contributed by atoms with Gasteiger partial charge in [0.05, 0.1) is 12.4 Å². The summed E-state index contributed by atoms with van der Waals surface area (Å²) < 4.78 is 4.92. The topological polar surface area (TPSA) is 62.5 Å². The van der Waals surface area contributed by atoms with Crippen LogP contribution in [0.15, 0.2) is 22.8 Å². The van der Waals surface area contributed by atoms with Crippen LogP contribution in [0.1, 0.15) is 23.4 Å². The van der Waals surface area contributed by atoms with Crippen molar-refractivity contribution in [3.05, 3.63) is 24.2 Å². The van der Waals surface area contributed by atoms with Crippen LogP contribution in [0.5, 0.6) is 0 Å². The Morgan fingerprint density at radius 1 is 1.62 bits per heavy atom. The lowest BCUT2D eigenvalue weighted by Crippen LogP contribution is -2.46. The van der Waals surface area contributed by atoms with E-state index in [0.29, 0.717) is 18.6 Å². The fraction of sp³-hybridized carbons (Fsp3) is 0.444. The first kappa shape index (κ1) is 8.31. The molecule has 1 amide bonds. The lowest BCUT2D eigenvalue weighted by molar-refractivity contribution is 0.0551. The summed E-state index contributed by atoms with van der Waals surface area (Å²) in [4.78, 5) is 11.3. The highest BCUT2D eigenvalue weighted by Crippen LogP contribution is 2.19. The normalized spacial score (nSPS) is 26.5. The van der Waals surface area contributed by atoms with Crippen LogP contribution >= 0.6 is 0 Å². The van der Waals surface area contributed by atoms with Crippen LogP contribution in [0.2, 0.25) is 0 Å². The number of nitrogens with one attached hydrogen (secondary N) is 1. The van der Waals surface area contributed by atoms with Crippen molar-refractivity contribution >= 4 is 5.91 Å². The van der Waals surface area contributed by atoms with Crippen molar-refractivity contribution in [3.63, 3.8) is 0 Å². The number of carbonyl (C=O) groups excluding carboxylic acids is 1. The van der Waals surface area contributed by atoms with Gasteiger partial charge < -0.3 is 14.8 Å². The summed E-state index contributed by atoms with van der Waals surface area (Å²) in [7, 11) is 0. The highest BCUT2D eigenvalue weighted by molar-refractivity contribution is 5.91. The van der Waals surface area contributed by atoms with E-state index >= 15 is 0 Å². The fourth-order valence-electron chi connectivity index (χ4n) is 1.37. The van der Waals surface area contributed by atoms with Gasteiger partial charge in [0.1, 0.15) is 0 Å². The molecule has 0 aliphatic heterocycles. The Morgan fingerprint density at radius 3 is 2.92 bits per heavy atom. The maximum atomic E-state index is 11.3. The summed E-state index contributed by atoms with van der Waals surface area (Å²) in [5.41, 5.74) is 0. The fourth-order valence-corrected chi connectivity index (χ4v) is 1.37. The highest BCUT2D eigenvalue weighted by atomic mass is 16.3. The van der Waals surface area contributed by atoms with Gasteiger partial charge in [0.25, 0.3) is 5.91 Å². The highest BCUT2D eigenvalue weighted by Gasteiger charge is 2.28. The number of rotatable bonds is 2. The Hall–Kier alpha value is -1.29. The quantitative estimate of drug-likeness (QED) is 0.699. The molecule has 4 heteroatoms. The molecule has 4 nitrogen and oxygen atoms in total. The van der Waals surface area contributed by atoms with Crippen molar-refractivity contribution in [1.29, 1.82) is 0 Å². The van der Waals surface area contributed by atoms with Crippen molar-refractivity contribution in [2.45, 2.75) is 25.0 Å². The van der Waals surface area contributed by atoms with Gasteiger partial charge in [-0.2, -0.15) is 0 Å². The molecule has 1 aliphatic rings. The van der Waals surface area contributed by atoms with Crippen molar-refractivity contribution in [1.82, 2.24) is 5.32 Å². The van der Waals surface area contributed by atoms with E-state index in [4.69, 9.17) is 9.52 Å². The molecule has 0 atom stereocenters. The third-order valence-corrected chi connectivity index (χ3v) is 2.19. The molecule has 0 spiro atoms. The second kappa shape index (κ2) is 3.22. The van der Waals surface area contributed by atoms with Crippen LogP contribution in [-0.4, -0.2) is 23.2 Å². The van der Waals surface area contributed by atoms with Crippen LogP contribution in [0.4, 0.5) is 0 Å². The number of furan rings is 1. The summed E-state index contributed by atoms with van der Waals surface area (Å²) in [5.74, 6) is 0.114. The Morgan fingerprint density at radius 2 is 2.38 bits per heavy atom. The van der Waals surface area contributed by atoms with Crippen molar-refractivity contribution in [3.8, 4) is 0 Å². The van der Waals surface area contributed by atoms with Gasteiger partial charge in [-0.3, -0.25) is 4.79 Å². The molecule has 2 N–H and O–H groups in total. The molecule has 0 saturated heterocycles. The zero-order valence-corrected chi connectivity index (χ0v) is 7.06. The number of aliphatic hydroxyl groups excluding tert-OH is 1. The predicted octanol–water partition coefficient (Wildman–Crippen LogP) is 0.533. The molecule has 1 aromatic rings. The minimum atomic E-state index is -0.248. The summed E-state index contributed by atoms with van der Waals surface area (Å²) in [5, 5.41) is 11.7. The van der Waals surface area contributed by atoms with Crippen molar-refractivity contribution < 1.29 is 14.3 Å². The Bertz CT molecular complexity index is 288. The first-order valence-corrected chi connectivity index (χ1v) is 4.28. The molecule has 1 saturated carbocycles. The van der Waals surface area contributed by atoms with Crippen LogP contribution in [0, 0.1) is 0 Å². The Balaban J connectivity index is 1.86. The van der Waals surface area contributed by atoms with Gasteiger partial charge in [0.15, 0.2) is 5.76 Å². The van der Waals surface area contributed by atoms with E-state index in [2.05, 4.69) is 5.32 Å². The van der Waals surface area contributed by atoms with Crippen molar-refractivity contribution in [2.24, 2.45) is 0 Å².